The van der Waals surface area contributed by atoms with Crippen molar-refractivity contribution in [2.24, 2.45) is 0 Å². The number of imidazole rings is 1. The molecule has 1 N–H and O–H groups in total. The third kappa shape index (κ3) is 3.47. The molecular weight excluding hydrogens is 366 g/mol. The fourth-order valence-electron chi connectivity index (χ4n) is 2.64. The highest BCUT2D eigenvalue weighted by molar-refractivity contribution is 6.32. The number of carbonyl (C=O) groups excluding carboxylic acids is 1. The fourth-order valence-corrected chi connectivity index (χ4v) is 2.86. The molecule has 0 atom stereocenters. The van der Waals surface area contributed by atoms with Gasteiger partial charge in [0.2, 0.25) is 5.88 Å². The van der Waals surface area contributed by atoms with Crippen LogP contribution in [0.15, 0.2) is 60.8 Å². The minimum Gasteiger partial charge on any atom is -0.465 e. The number of hydrogen-bond donors (Lipinski definition) is 1. The molecule has 0 aliphatic rings. The summed E-state index contributed by atoms with van der Waals surface area (Å²) in [5, 5.41) is 0.401. The normalized spacial score (nSPS) is 10.7. The third-order valence-corrected chi connectivity index (χ3v) is 4.26. The largest absolute Gasteiger partial charge is 0.465 e. The highest BCUT2D eigenvalue weighted by Crippen LogP contribution is 2.32. The number of pyridine rings is 1. The lowest BCUT2D eigenvalue weighted by Crippen LogP contribution is -2.01. The van der Waals surface area contributed by atoms with Gasteiger partial charge in [-0.1, -0.05) is 23.7 Å². The Morgan fingerprint density at radius 2 is 1.96 bits per heavy atom. The summed E-state index contributed by atoms with van der Waals surface area (Å²) in [6.45, 7) is 0. The van der Waals surface area contributed by atoms with Crippen molar-refractivity contribution in [3.05, 3.63) is 71.4 Å². The van der Waals surface area contributed by atoms with E-state index in [0.29, 0.717) is 16.3 Å². The summed E-state index contributed by atoms with van der Waals surface area (Å²) in [5.74, 6) is 0.923. The van der Waals surface area contributed by atoms with E-state index in [0.717, 1.165) is 22.4 Å². The molecule has 0 unspecified atom stereocenters. The zero-order chi connectivity index (χ0) is 18.8. The molecule has 0 bridgehead atoms. The third-order valence-electron chi connectivity index (χ3n) is 3.97. The number of ether oxygens (including phenoxy) is 2. The van der Waals surface area contributed by atoms with Crippen LogP contribution < -0.4 is 4.74 Å². The van der Waals surface area contributed by atoms with Crippen LogP contribution in [0.4, 0.5) is 0 Å². The number of aromatic amines is 1. The predicted molar refractivity (Wildman–Crippen MR) is 102 cm³/mol. The maximum absolute atomic E-state index is 11.6. The Morgan fingerprint density at radius 3 is 2.74 bits per heavy atom. The average molecular weight is 380 g/mol. The second kappa shape index (κ2) is 7.09. The summed E-state index contributed by atoms with van der Waals surface area (Å²) in [4.78, 5) is 23.5. The first kappa shape index (κ1) is 17.1. The molecule has 0 amide bonds. The smallest absolute Gasteiger partial charge is 0.338 e. The summed E-state index contributed by atoms with van der Waals surface area (Å²) in [6.07, 6.45) is 1.47. The zero-order valence-corrected chi connectivity index (χ0v) is 15.0. The molecule has 0 radical (unpaired) electrons. The van der Waals surface area contributed by atoms with Crippen molar-refractivity contribution in [2.45, 2.75) is 0 Å². The number of rotatable bonds is 4. The van der Waals surface area contributed by atoms with Crippen LogP contribution in [0, 0.1) is 0 Å². The lowest BCUT2D eigenvalue weighted by atomic mass is 10.2. The highest BCUT2D eigenvalue weighted by Gasteiger charge is 2.12. The van der Waals surface area contributed by atoms with Crippen molar-refractivity contribution in [1.82, 2.24) is 15.0 Å². The van der Waals surface area contributed by atoms with Crippen LogP contribution in [0.2, 0.25) is 5.02 Å². The van der Waals surface area contributed by atoms with E-state index in [2.05, 4.69) is 15.0 Å². The van der Waals surface area contributed by atoms with Gasteiger partial charge in [0.05, 0.1) is 28.7 Å². The topological polar surface area (TPSA) is 77.1 Å². The average Bonchev–Trinajstić information content (AvgIpc) is 3.13. The maximum atomic E-state index is 11.6. The first-order chi connectivity index (χ1) is 13.1. The Balaban J connectivity index is 1.61. The fraction of sp³-hybridized carbons (Fsp3) is 0.0500. The number of hydrogen-bond acceptors (Lipinski definition) is 5. The van der Waals surface area contributed by atoms with Gasteiger partial charge < -0.3 is 14.5 Å². The first-order valence-electron chi connectivity index (χ1n) is 8.11. The molecule has 4 aromatic rings. The van der Waals surface area contributed by atoms with E-state index in [9.17, 15) is 4.79 Å². The molecule has 4 rings (SSSR count). The van der Waals surface area contributed by atoms with Crippen molar-refractivity contribution in [3.63, 3.8) is 0 Å². The van der Waals surface area contributed by atoms with Gasteiger partial charge in [-0.15, -0.1) is 0 Å². The zero-order valence-electron chi connectivity index (χ0n) is 14.3. The van der Waals surface area contributed by atoms with Crippen molar-refractivity contribution in [1.29, 1.82) is 0 Å². The Labute approximate surface area is 159 Å². The Hall–Kier alpha value is -3.38. The van der Waals surface area contributed by atoms with Gasteiger partial charge in [0, 0.05) is 17.8 Å². The number of fused-ring (bicyclic) bond motifs is 1. The number of para-hydroxylation sites is 2. The molecule has 2 aromatic heterocycles. The molecule has 6 nitrogen and oxygen atoms in total. The van der Waals surface area contributed by atoms with E-state index in [4.69, 9.17) is 21.1 Å². The number of carbonyl (C=O) groups is 1. The highest BCUT2D eigenvalue weighted by atomic mass is 35.5. The molecule has 0 saturated carbocycles. The molecule has 7 heteroatoms. The molecule has 0 saturated heterocycles. The lowest BCUT2D eigenvalue weighted by molar-refractivity contribution is 0.0600. The molecule has 0 aliphatic carbocycles. The molecule has 134 valence electrons. The Kier molecular flexibility index (Phi) is 4.48. The molecule has 0 spiro atoms. The monoisotopic (exact) mass is 379 g/mol. The van der Waals surface area contributed by atoms with E-state index in [1.54, 1.807) is 18.2 Å². The van der Waals surface area contributed by atoms with E-state index in [-0.39, 0.29) is 5.88 Å². The van der Waals surface area contributed by atoms with Crippen LogP contribution in [-0.2, 0) is 4.74 Å². The van der Waals surface area contributed by atoms with Gasteiger partial charge in [0.1, 0.15) is 11.6 Å². The summed E-state index contributed by atoms with van der Waals surface area (Å²) >= 11 is 6.37. The van der Waals surface area contributed by atoms with Crippen molar-refractivity contribution in [3.8, 4) is 23.0 Å². The van der Waals surface area contributed by atoms with Gasteiger partial charge in [-0.05, 0) is 36.4 Å². The minimum atomic E-state index is -0.464. The maximum Gasteiger partial charge on any atom is 0.338 e. The van der Waals surface area contributed by atoms with E-state index >= 15 is 0 Å². The molecule has 0 aliphatic heterocycles. The van der Waals surface area contributed by atoms with E-state index < -0.39 is 5.97 Å². The molecule has 27 heavy (non-hydrogen) atoms. The minimum absolute atomic E-state index is 0.247. The number of nitrogens with one attached hydrogen (secondary N) is 1. The van der Waals surface area contributed by atoms with Crippen molar-refractivity contribution in [2.75, 3.05) is 7.11 Å². The molecule has 2 heterocycles. The van der Waals surface area contributed by atoms with Gasteiger partial charge >= 0.3 is 5.97 Å². The van der Waals surface area contributed by atoms with Crippen molar-refractivity contribution < 1.29 is 14.3 Å². The number of methoxy groups -OCH3 is 1. The van der Waals surface area contributed by atoms with Gasteiger partial charge in [0.15, 0.2) is 0 Å². The van der Waals surface area contributed by atoms with Gasteiger partial charge in [-0.3, -0.25) is 0 Å². The Bertz CT molecular complexity index is 1110. The van der Waals surface area contributed by atoms with Crippen LogP contribution in [0.25, 0.3) is 22.4 Å². The standard InChI is InChI=1S/C20H14ClN3O3/c1-26-20(25)13-8-9-22-18(11-13)27-17-7-6-12(10-14(17)21)19-23-15-4-2-3-5-16(15)24-19/h2-11H,1H3,(H,23,24). The summed E-state index contributed by atoms with van der Waals surface area (Å²) in [5.41, 5.74) is 3.01. The van der Waals surface area contributed by atoms with Gasteiger partial charge in [-0.2, -0.15) is 0 Å². The number of benzene rings is 2. The van der Waals surface area contributed by atoms with Crippen LogP contribution in [0.3, 0.4) is 0 Å². The predicted octanol–water partition coefficient (Wildman–Crippen LogP) is 4.86. The first-order valence-corrected chi connectivity index (χ1v) is 8.49. The SMILES string of the molecule is COC(=O)c1ccnc(Oc2ccc(-c3nc4ccccc4[nH]3)cc2Cl)c1. The second-order valence-corrected chi connectivity index (χ2v) is 6.13. The van der Waals surface area contributed by atoms with Gasteiger partial charge in [0.25, 0.3) is 0 Å². The van der Waals surface area contributed by atoms with Crippen molar-refractivity contribution >= 4 is 28.6 Å². The number of esters is 1. The number of nitrogens with zero attached hydrogens (tertiary/aromatic N) is 2. The molecular formula is C20H14ClN3O3. The lowest BCUT2D eigenvalue weighted by Gasteiger charge is -2.08. The van der Waals surface area contributed by atoms with E-state index in [1.165, 1.54) is 19.4 Å². The van der Waals surface area contributed by atoms with Crippen LogP contribution >= 0.6 is 11.6 Å². The second-order valence-electron chi connectivity index (χ2n) is 5.72. The quantitative estimate of drug-likeness (QED) is 0.512. The summed E-state index contributed by atoms with van der Waals surface area (Å²) in [6, 6.07) is 16.2. The van der Waals surface area contributed by atoms with E-state index in [1.807, 2.05) is 30.3 Å². The molecule has 2 aromatic carbocycles. The number of H-pyrrole nitrogens is 1. The summed E-state index contributed by atoms with van der Waals surface area (Å²) in [7, 11) is 1.32. The van der Waals surface area contributed by atoms with Crippen LogP contribution in [-0.4, -0.2) is 28.0 Å². The van der Waals surface area contributed by atoms with Crippen LogP contribution in [0.1, 0.15) is 10.4 Å². The number of halogens is 1. The summed E-state index contributed by atoms with van der Waals surface area (Å²) < 4.78 is 10.4. The number of aromatic nitrogens is 3. The molecule has 0 fully saturated rings. The van der Waals surface area contributed by atoms with Crippen LogP contribution in [0.5, 0.6) is 11.6 Å². The Morgan fingerprint density at radius 1 is 1.11 bits per heavy atom. The van der Waals surface area contributed by atoms with Gasteiger partial charge in [-0.25, -0.2) is 14.8 Å².